The Morgan fingerprint density at radius 2 is 1.68 bits per heavy atom. The lowest BCUT2D eigenvalue weighted by Gasteiger charge is -2.16. The van der Waals surface area contributed by atoms with Gasteiger partial charge in [0.25, 0.3) is 0 Å². The van der Waals surface area contributed by atoms with E-state index >= 15 is 0 Å². The molecule has 0 heterocycles. The Morgan fingerprint density at radius 3 is 2.23 bits per heavy atom. The highest BCUT2D eigenvalue weighted by atomic mass is 32.2. The molecule has 116 valence electrons. The summed E-state index contributed by atoms with van der Waals surface area (Å²) in [6.45, 7) is 3.47. The molecule has 5 nitrogen and oxygen atoms in total. The Morgan fingerprint density at radius 1 is 1.05 bits per heavy atom. The summed E-state index contributed by atoms with van der Waals surface area (Å²) in [6, 6.07) is 13.1. The van der Waals surface area contributed by atoms with Crippen molar-refractivity contribution < 1.29 is 13.2 Å². The molecular formula is C16H18N2O3S. The van der Waals surface area contributed by atoms with Gasteiger partial charge in [-0.1, -0.05) is 36.4 Å². The smallest absolute Gasteiger partial charge is 0.249 e. The van der Waals surface area contributed by atoms with Crippen LogP contribution in [0.2, 0.25) is 0 Å². The largest absolute Gasteiger partial charge is 0.366 e. The van der Waals surface area contributed by atoms with Crippen molar-refractivity contribution in [3.05, 3.63) is 54.1 Å². The van der Waals surface area contributed by atoms with Gasteiger partial charge in [0.15, 0.2) is 0 Å². The maximum absolute atomic E-state index is 12.5. The fourth-order valence-corrected chi connectivity index (χ4v) is 3.74. The van der Waals surface area contributed by atoms with E-state index in [4.69, 9.17) is 5.73 Å². The Balaban J connectivity index is 2.76. The number of sulfonamides is 1. The minimum atomic E-state index is -3.75. The molecule has 0 spiro atoms. The summed E-state index contributed by atoms with van der Waals surface area (Å²) < 4.78 is 27.6. The van der Waals surface area contributed by atoms with Crippen molar-refractivity contribution in [1.29, 1.82) is 0 Å². The first-order valence-electron chi connectivity index (χ1n) is 6.83. The van der Waals surface area contributed by atoms with Crippen molar-refractivity contribution in [3.63, 3.8) is 0 Å². The third-order valence-electron chi connectivity index (χ3n) is 3.03. The normalized spacial score (nSPS) is 11.6. The van der Waals surface area contributed by atoms with Gasteiger partial charge in [0.05, 0.1) is 4.90 Å². The molecule has 6 heteroatoms. The number of primary amides is 1. The summed E-state index contributed by atoms with van der Waals surface area (Å²) in [7, 11) is -3.75. The number of hydrogen-bond donors (Lipinski definition) is 2. The number of carbonyl (C=O) groups excluding carboxylic acids is 1. The van der Waals surface area contributed by atoms with Gasteiger partial charge in [-0.05, 0) is 31.5 Å². The second-order valence-corrected chi connectivity index (χ2v) is 6.87. The van der Waals surface area contributed by atoms with Crippen LogP contribution in [-0.2, 0) is 10.0 Å². The van der Waals surface area contributed by atoms with Crippen LogP contribution in [0.15, 0.2) is 53.4 Å². The minimum Gasteiger partial charge on any atom is -0.366 e. The highest BCUT2D eigenvalue weighted by Gasteiger charge is 2.24. The number of hydrogen-bond acceptors (Lipinski definition) is 3. The topological polar surface area (TPSA) is 89.3 Å². The maximum Gasteiger partial charge on any atom is 0.249 e. The van der Waals surface area contributed by atoms with Crippen molar-refractivity contribution in [2.24, 2.45) is 5.73 Å². The van der Waals surface area contributed by atoms with Gasteiger partial charge in [-0.25, -0.2) is 13.1 Å². The molecule has 0 radical (unpaired) electrons. The number of amides is 1. The summed E-state index contributed by atoms with van der Waals surface area (Å²) in [6.07, 6.45) is 0. The average Bonchev–Trinajstić information content (AvgIpc) is 2.46. The van der Waals surface area contributed by atoms with E-state index in [9.17, 15) is 13.2 Å². The fraction of sp³-hybridized carbons (Fsp3) is 0.188. The predicted octanol–water partition coefficient (Wildman–Crippen LogP) is 2.14. The van der Waals surface area contributed by atoms with Gasteiger partial charge in [-0.15, -0.1) is 0 Å². The van der Waals surface area contributed by atoms with E-state index in [0.29, 0.717) is 11.1 Å². The lowest BCUT2D eigenvalue weighted by Crippen LogP contribution is -2.31. The second-order valence-electron chi connectivity index (χ2n) is 5.18. The lowest BCUT2D eigenvalue weighted by molar-refractivity contribution is 0.100. The summed E-state index contributed by atoms with van der Waals surface area (Å²) in [5.74, 6) is -0.666. The van der Waals surface area contributed by atoms with E-state index in [1.165, 1.54) is 18.2 Å². The van der Waals surface area contributed by atoms with Gasteiger partial charge in [-0.2, -0.15) is 0 Å². The van der Waals surface area contributed by atoms with E-state index in [1.54, 1.807) is 38.1 Å². The molecule has 2 rings (SSSR count). The number of nitrogens with two attached hydrogens (primary N) is 1. The Bertz CT molecular complexity index is 784. The van der Waals surface area contributed by atoms with Crippen LogP contribution in [0, 0.1) is 0 Å². The zero-order valence-corrected chi connectivity index (χ0v) is 13.2. The minimum absolute atomic E-state index is 0.0451. The summed E-state index contributed by atoms with van der Waals surface area (Å²) in [5.41, 5.74) is 6.54. The molecule has 0 atom stereocenters. The SMILES string of the molecule is CC(C)NS(=O)(=O)c1cccc(C(N)=O)c1-c1ccccc1. The zero-order chi connectivity index (χ0) is 16.3. The molecule has 22 heavy (non-hydrogen) atoms. The molecule has 0 aromatic heterocycles. The van der Waals surface area contributed by atoms with Crippen molar-refractivity contribution in [1.82, 2.24) is 4.72 Å². The molecule has 0 saturated heterocycles. The van der Waals surface area contributed by atoms with E-state index in [-0.39, 0.29) is 16.5 Å². The average molecular weight is 318 g/mol. The molecule has 0 fully saturated rings. The second kappa shape index (κ2) is 6.29. The summed E-state index contributed by atoms with van der Waals surface area (Å²) >= 11 is 0. The van der Waals surface area contributed by atoms with Gasteiger partial charge in [0.1, 0.15) is 0 Å². The van der Waals surface area contributed by atoms with Crippen molar-refractivity contribution in [2.45, 2.75) is 24.8 Å². The monoisotopic (exact) mass is 318 g/mol. The van der Waals surface area contributed by atoms with Crippen LogP contribution in [0.1, 0.15) is 24.2 Å². The highest BCUT2D eigenvalue weighted by Crippen LogP contribution is 2.30. The molecule has 2 aromatic carbocycles. The Labute approximate surface area is 130 Å². The molecule has 0 aliphatic rings. The van der Waals surface area contributed by atoms with Crippen molar-refractivity contribution in [2.75, 3.05) is 0 Å². The van der Waals surface area contributed by atoms with Crippen LogP contribution >= 0.6 is 0 Å². The van der Waals surface area contributed by atoms with Crippen LogP contribution < -0.4 is 10.5 Å². The number of benzene rings is 2. The van der Waals surface area contributed by atoms with Crippen molar-refractivity contribution >= 4 is 15.9 Å². The number of nitrogens with one attached hydrogen (secondary N) is 1. The summed E-state index contributed by atoms with van der Waals surface area (Å²) in [4.78, 5) is 11.7. The first-order valence-corrected chi connectivity index (χ1v) is 8.32. The van der Waals surface area contributed by atoms with Gasteiger partial charge in [-0.3, -0.25) is 4.79 Å². The van der Waals surface area contributed by atoms with Gasteiger partial charge in [0, 0.05) is 17.2 Å². The van der Waals surface area contributed by atoms with Gasteiger partial charge >= 0.3 is 0 Å². The Hall–Kier alpha value is -2.18. The predicted molar refractivity (Wildman–Crippen MR) is 85.9 cm³/mol. The molecule has 0 saturated carbocycles. The molecule has 0 unspecified atom stereocenters. The molecule has 0 aliphatic carbocycles. The summed E-state index contributed by atoms with van der Waals surface area (Å²) in [5, 5.41) is 0. The molecule has 0 bridgehead atoms. The maximum atomic E-state index is 12.5. The van der Waals surface area contributed by atoms with E-state index in [2.05, 4.69) is 4.72 Å². The van der Waals surface area contributed by atoms with Crippen LogP contribution in [0.3, 0.4) is 0 Å². The molecule has 2 aromatic rings. The molecule has 1 amide bonds. The molecule has 0 aliphatic heterocycles. The Kier molecular flexibility index (Phi) is 4.63. The standard InChI is InChI=1S/C16H18N2O3S/c1-11(2)18-22(20,21)14-10-6-9-13(16(17)19)15(14)12-7-4-3-5-8-12/h3-11,18H,1-2H3,(H2,17,19). The third kappa shape index (κ3) is 3.35. The third-order valence-corrected chi connectivity index (χ3v) is 4.74. The quantitative estimate of drug-likeness (QED) is 0.885. The van der Waals surface area contributed by atoms with Gasteiger partial charge < -0.3 is 5.73 Å². The number of rotatable bonds is 5. The van der Waals surface area contributed by atoms with Gasteiger partial charge in [0.2, 0.25) is 15.9 Å². The molecular weight excluding hydrogens is 300 g/mol. The molecule has 3 N–H and O–H groups in total. The van der Waals surface area contributed by atoms with Crippen LogP contribution in [0.25, 0.3) is 11.1 Å². The van der Waals surface area contributed by atoms with E-state index in [0.717, 1.165) is 0 Å². The fourth-order valence-electron chi connectivity index (χ4n) is 2.24. The highest BCUT2D eigenvalue weighted by molar-refractivity contribution is 7.89. The zero-order valence-electron chi connectivity index (χ0n) is 12.4. The van der Waals surface area contributed by atoms with Crippen LogP contribution in [0.5, 0.6) is 0 Å². The van der Waals surface area contributed by atoms with Crippen LogP contribution in [-0.4, -0.2) is 20.4 Å². The van der Waals surface area contributed by atoms with Crippen molar-refractivity contribution in [3.8, 4) is 11.1 Å². The lowest BCUT2D eigenvalue weighted by atomic mass is 9.99. The van der Waals surface area contributed by atoms with Crippen LogP contribution in [0.4, 0.5) is 0 Å². The van der Waals surface area contributed by atoms with E-state index in [1.807, 2.05) is 6.07 Å². The first kappa shape index (κ1) is 16.2. The number of carbonyl (C=O) groups is 1. The van der Waals surface area contributed by atoms with E-state index < -0.39 is 15.9 Å². The first-order chi connectivity index (χ1) is 10.3.